The number of aryl methyl sites for hydroxylation is 1. The average molecular weight is 351 g/mol. The first-order chi connectivity index (χ1) is 7.59. The number of imidazole rings is 1. The van der Waals surface area contributed by atoms with Gasteiger partial charge in [0.1, 0.15) is 8.72 Å². The number of nitrogens with zero attached hydrogens (tertiary/aromatic N) is 4. The quantitative estimate of drug-likeness (QED) is 0.606. The van der Waals surface area contributed by atoms with Gasteiger partial charge in [0.15, 0.2) is 0 Å². The van der Waals surface area contributed by atoms with Gasteiger partial charge in [-0.25, -0.2) is 9.97 Å². The van der Waals surface area contributed by atoms with Crippen molar-refractivity contribution >= 4 is 34.2 Å². The zero-order valence-electron chi connectivity index (χ0n) is 8.39. The third kappa shape index (κ3) is 2.12. The summed E-state index contributed by atoms with van der Waals surface area (Å²) in [5.41, 5.74) is 0.795. The Morgan fingerprint density at radius 1 is 1.50 bits per heavy atom. The summed E-state index contributed by atoms with van der Waals surface area (Å²) in [6, 6.07) is 0. The molecule has 0 saturated carbocycles. The summed E-state index contributed by atoms with van der Waals surface area (Å²) >= 11 is 7.64. The van der Waals surface area contributed by atoms with Crippen molar-refractivity contribution in [2.75, 3.05) is 0 Å². The lowest BCUT2D eigenvalue weighted by Gasteiger charge is -2.06. The second kappa shape index (κ2) is 4.54. The van der Waals surface area contributed by atoms with E-state index in [0.29, 0.717) is 10.1 Å². The Bertz CT molecular complexity index is 577. The molecule has 0 aromatic carbocycles. The molecule has 0 unspecified atom stereocenters. The van der Waals surface area contributed by atoms with E-state index in [4.69, 9.17) is 11.6 Å². The monoisotopic (exact) mass is 350 g/mol. The van der Waals surface area contributed by atoms with Gasteiger partial charge in [0.05, 0.1) is 24.9 Å². The van der Waals surface area contributed by atoms with Crippen LogP contribution in [0.3, 0.4) is 0 Å². The van der Waals surface area contributed by atoms with E-state index in [0.717, 1.165) is 5.69 Å². The molecule has 0 radical (unpaired) electrons. The second-order valence-corrected chi connectivity index (χ2v) is 4.72. The highest BCUT2D eigenvalue weighted by molar-refractivity contribution is 14.1. The van der Waals surface area contributed by atoms with Gasteiger partial charge >= 0.3 is 0 Å². The van der Waals surface area contributed by atoms with Crippen molar-refractivity contribution in [1.29, 1.82) is 0 Å². The van der Waals surface area contributed by atoms with Crippen molar-refractivity contribution in [3.8, 4) is 0 Å². The Hall–Kier alpha value is -0.890. The van der Waals surface area contributed by atoms with Gasteiger partial charge in [-0.05, 0) is 22.6 Å². The minimum atomic E-state index is -0.137. The normalized spacial score (nSPS) is 10.7. The number of halogens is 2. The van der Waals surface area contributed by atoms with Crippen LogP contribution in [-0.2, 0) is 13.6 Å². The van der Waals surface area contributed by atoms with Crippen LogP contribution in [0.25, 0.3) is 0 Å². The molecule has 0 atom stereocenters. The molecule has 84 valence electrons. The van der Waals surface area contributed by atoms with E-state index >= 15 is 0 Å². The first-order valence-electron chi connectivity index (χ1n) is 4.45. The Labute approximate surface area is 110 Å². The van der Waals surface area contributed by atoms with Crippen LogP contribution in [0.2, 0.25) is 5.15 Å². The summed E-state index contributed by atoms with van der Waals surface area (Å²) in [7, 11) is 1.88. The maximum Gasteiger partial charge on any atom is 0.268 e. The van der Waals surface area contributed by atoms with Gasteiger partial charge in [0.2, 0.25) is 0 Å². The molecule has 0 spiro atoms. The van der Waals surface area contributed by atoms with Gasteiger partial charge in [-0.1, -0.05) is 11.6 Å². The van der Waals surface area contributed by atoms with Gasteiger partial charge < -0.3 is 4.57 Å². The first-order valence-corrected chi connectivity index (χ1v) is 5.91. The maximum absolute atomic E-state index is 11.8. The van der Waals surface area contributed by atoms with Gasteiger partial charge in [-0.15, -0.1) is 0 Å². The standard InChI is InChI=1S/C9H8ClIN4O/c1-14-4-12-2-6(14)3-15-5-13-8(10)7(11)9(15)16/h2,4-5H,3H2,1H3. The lowest BCUT2D eigenvalue weighted by Crippen LogP contribution is -2.24. The lowest BCUT2D eigenvalue weighted by molar-refractivity contribution is 0.682. The first kappa shape index (κ1) is 11.6. The molecule has 2 aromatic rings. The van der Waals surface area contributed by atoms with Crippen LogP contribution < -0.4 is 5.56 Å². The van der Waals surface area contributed by atoms with E-state index in [1.54, 1.807) is 12.5 Å². The Kier molecular flexibility index (Phi) is 3.29. The van der Waals surface area contributed by atoms with Crippen LogP contribution in [0.4, 0.5) is 0 Å². The summed E-state index contributed by atoms with van der Waals surface area (Å²) in [6.07, 6.45) is 4.85. The van der Waals surface area contributed by atoms with Crippen molar-refractivity contribution in [3.63, 3.8) is 0 Å². The van der Waals surface area contributed by atoms with Crippen LogP contribution in [0.15, 0.2) is 23.6 Å². The molecule has 16 heavy (non-hydrogen) atoms. The third-order valence-electron chi connectivity index (χ3n) is 2.19. The highest BCUT2D eigenvalue weighted by Gasteiger charge is 2.08. The summed E-state index contributed by atoms with van der Waals surface area (Å²) in [5, 5.41) is 0.242. The molecule has 7 heteroatoms. The maximum atomic E-state index is 11.8. The molecule has 0 N–H and O–H groups in total. The fourth-order valence-corrected chi connectivity index (χ4v) is 1.84. The van der Waals surface area contributed by atoms with Crippen molar-refractivity contribution in [2.45, 2.75) is 6.54 Å². The SMILES string of the molecule is Cn1cncc1Cn1cnc(Cl)c(I)c1=O. The Morgan fingerprint density at radius 3 is 2.88 bits per heavy atom. The topological polar surface area (TPSA) is 52.7 Å². The van der Waals surface area contributed by atoms with Crippen molar-refractivity contribution in [1.82, 2.24) is 19.1 Å². The second-order valence-electron chi connectivity index (χ2n) is 3.28. The Morgan fingerprint density at radius 2 is 2.25 bits per heavy atom. The molecule has 2 rings (SSSR count). The van der Waals surface area contributed by atoms with Crippen LogP contribution >= 0.6 is 34.2 Å². The van der Waals surface area contributed by atoms with Crippen LogP contribution in [0.5, 0.6) is 0 Å². The van der Waals surface area contributed by atoms with Gasteiger partial charge in [-0.3, -0.25) is 9.36 Å². The smallest absolute Gasteiger partial charge is 0.268 e. The van der Waals surface area contributed by atoms with Crippen LogP contribution in [0.1, 0.15) is 5.69 Å². The largest absolute Gasteiger partial charge is 0.336 e. The summed E-state index contributed by atoms with van der Waals surface area (Å²) in [6.45, 7) is 0.440. The number of hydrogen-bond acceptors (Lipinski definition) is 3. The third-order valence-corrected chi connectivity index (χ3v) is 3.77. The number of aromatic nitrogens is 4. The summed E-state index contributed by atoms with van der Waals surface area (Å²) < 4.78 is 3.79. The van der Waals surface area contributed by atoms with Crippen molar-refractivity contribution in [3.05, 3.63) is 43.6 Å². The minimum Gasteiger partial charge on any atom is -0.336 e. The molecule has 0 saturated heterocycles. The van der Waals surface area contributed by atoms with Crippen molar-refractivity contribution in [2.24, 2.45) is 7.05 Å². The van der Waals surface area contributed by atoms with E-state index < -0.39 is 0 Å². The molecule has 0 amide bonds. The van der Waals surface area contributed by atoms with E-state index in [1.807, 2.05) is 34.2 Å². The van der Waals surface area contributed by atoms with Gasteiger partial charge in [0.25, 0.3) is 5.56 Å². The van der Waals surface area contributed by atoms with E-state index in [9.17, 15) is 4.79 Å². The summed E-state index contributed by atoms with van der Waals surface area (Å²) in [4.78, 5) is 19.8. The highest BCUT2D eigenvalue weighted by atomic mass is 127. The fourth-order valence-electron chi connectivity index (χ4n) is 1.27. The number of hydrogen-bond donors (Lipinski definition) is 0. The van der Waals surface area contributed by atoms with Crippen LogP contribution in [-0.4, -0.2) is 19.1 Å². The molecule has 5 nitrogen and oxygen atoms in total. The Balaban J connectivity index is 2.40. The van der Waals surface area contributed by atoms with Gasteiger partial charge in [-0.2, -0.15) is 0 Å². The van der Waals surface area contributed by atoms with Crippen molar-refractivity contribution < 1.29 is 0 Å². The molecule has 0 fully saturated rings. The molecule has 0 aliphatic rings. The van der Waals surface area contributed by atoms with Gasteiger partial charge in [0, 0.05) is 13.2 Å². The van der Waals surface area contributed by atoms with E-state index in [2.05, 4.69) is 9.97 Å². The predicted molar refractivity (Wildman–Crippen MR) is 68.5 cm³/mol. The highest BCUT2D eigenvalue weighted by Crippen LogP contribution is 2.10. The number of rotatable bonds is 2. The molecular weight excluding hydrogens is 342 g/mol. The molecule has 0 bridgehead atoms. The molecule has 0 aliphatic carbocycles. The van der Waals surface area contributed by atoms with Crippen LogP contribution in [0, 0.1) is 3.57 Å². The zero-order chi connectivity index (χ0) is 11.7. The molecule has 0 aliphatic heterocycles. The lowest BCUT2D eigenvalue weighted by atomic mass is 10.4. The van der Waals surface area contributed by atoms with E-state index in [1.165, 1.54) is 10.9 Å². The fraction of sp³-hybridized carbons (Fsp3) is 0.222. The van der Waals surface area contributed by atoms with E-state index in [-0.39, 0.29) is 10.7 Å². The molecule has 2 heterocycles. The molecular formula is C9H8ClIN4O. The average Bonchev–Trinajstić information content (AvgIpc) is 2.65. The predicted octanol–water partition coefficient (Wildman–Crippen LogP) is 1.28. The minimum absolute atomic E-state index is 0.137. The zero-order valence-corrected chi connectivity index (χ0v) is 11.3. The summed E-state index contributed by atoms with van der Waals surface area (Å²) in [5.74, 6) is 0. The molecule has 2 aromatic heterocycles.